The van der Waals surface area contributed by atoms with Gasteiger partial charge < -0.3 is 20.1 Å². The average molecular weight is 509 g/mol. The Bertz CT molecular complexity index is 1080. The molecule has 0 aliphatic carbocycles. The van der Waals surface area contributed by atoms with Gasteiger partial charge in [-0.3, -0.25) is 10.1 Å². The van der Waals surface area contributed by atoms with Gasteiger partial charge in [0.2, 0.25) is 5.82 Å². The van der Waals surface area contributed by atoms with E-state index in [2.05, 4.69) is 41.2 Å². The van der Waals surface area contributed by atoms with Gasteiger partial charge in [0.15, 0.2) is 23.0 Å². The summed E-state index contributed by atoms with van der Waals surface area (Å²) in [6.07, 6.45) is 1.28. The number of para-hydroxylation sites is 1. The lowest BCUT2D eigenvalue weighted by Gasteiger charge is -2.21. The number of nitrogens with one attached hydrogen (secondary N) is 2. The van der Waals surface area contributed by atoms with Crippen LogP contribution in [0.1, 0.15) is 5.82 Å². The van der Waals surface area contributed by atoms with E-state index in [9.17, 15) is 19.6 Å². The highest BCUT2D eigenvalue weighted by atomic mass is 79.9. The number of ether oxygens (including phenoxy) is 1. The second-order valence-corrected chi connectivity index (χ2v) is 9.69. The van der Waals surface area contributed by atoms with Crippen LogP contribution in [0.4, 0.5) is 15.9 Å². The molecule has 0 aliphatic rings. The number of nitro groups is 1. The first-order valence-corrected chi connectivity index (χ1v) is 9.58. The Hall–Kier alpha value is -2.42. The molecule has 0 fully saturated rings. The fraction of sp³-hybridized carbons (Fsp3) is 0.214. The Kier molecular flexibility index (Phi) is 5.71. The van der Waals surface area contributed by atoms with Crippen molar-refractivity contribution in [2.24, 2.45) is 5.73 Å². The first-order chi connectivity index (χ1) is 13.5. The molecule has 0 amide bonds. The van der Waals surface area contributed by atoms with Gasteiger partial charge in [-0.25, -0.2) is 25.1 Å². The molecule has 3 aromatic rings. The third-order valence-corrected chi connectivity index (χ3v) is 5.21. The van der Waals surface area contributed by atoms with Crippen LogP contribution in [0.25, 0.3) is 11.2 Å². The molecule has 2 atom stereocenters. The van der Waals surface area contributed by atoms with Gasteiger partial charge in [-0.2, -0.15) is 0 Å². The summed E-state index contributed by atoms with van der Waals surface area (Å²) in [5.41, 5.74) is 6.26. The smallest absolute Gasteiger partial charge is 0.384 e. The number of halogens is 3. The van der Waals surface area contributed by atoms with Crippen LogP contribution in [-0.4, -0.2) is 40.4 Å². The highest BCUT2D eigenvalue weighted by Crippen LogP contribution is 2.48. The molecular weight excluding hydrogens is 497 g/mol. The topological polar surface area (TPSA) is 165 Å². The van der Waals surface area contributed by atoms with E-state index in [-0.39, 0.29) is 45.9 Å². The number of methoxy groups -OCH3 is 1. The minimum atomic E-state index is -2.75. The van der Waals surface area contributed by atoms with Crippen LogP contribution in [0.3, 0.4) is 0 Å². The number of thioether (sulfide) groups is 1. The summed E-state index contributed by atoms with van der Waals surface area (Å²) in [6, 6.07) is 4.65. The Morgan fingerprint density at radius 1 is 1.52 bits per heavy atom. The monoisotopic (exact) mass is 507 g/mol. The second-order valence-electron chi connectivity index (χ2n) is 5.48. The van der Waals surface area contributed by atoms with Crippen molar-refractivity contribution in [3.63, 3.8) is 0 Å². The molecule has 2 aromatic heterocycles. The standard InChI is InChI=1S/C14H12BrClFN7O4S/c1-28-7-4-2-3-6(9(7)25)21-11-8-10(20-5-19-8)22-12(23-11)13(18,24(26)27)29-14(15,16)17/h2-5,25H,18H2,1H3,(H2,19,20,21,22,23). The van der Waals surface area contributed by atoms with E-state index in [4.69, 9.17) is 22.1 Å². The molecule has 29 heavy (non-hydrogen) atoms. The third kappa shape index (κ3) is 4.29. The number of rotatable bonds is 7. The zero-order chi connectivity index (χ0) is 21.4. The summed E-state index contributed by atoms with van der Waals surface area (Å²) in [6.45, 7) is 0. The zero-order valence-electron chi connectivity index (χ0n) is 14.4. The molecule has 0 saturated carbocycles. The SMILES string of the molecule is COc1cccc(Nc2nc(C(N)(SC(F)(Cl)Br)[N+](=O)[O-])nc3nc[nH]c23)c1O. The fourth-order valence-corrected chi connectivity index (χ4v) is 4.04. The number of aromatic hydroxyl groups is 1. The molecule has 0 saturated heterocycles. The van der Waals surface area contributed by atoms with Gasteiger partial charge in [0.25, 0.3) is 3.37 Å². The minimum absolute atomic E-state index is 0.00284. The molecule has 0 bridgehead atoms. The molecular formula is C14H12BrClFN7O4S. The van der Waals surface area contributed by atoms with Crippen LogP contribution in [0.15, 0.2) is 24.5 Å². The van der Waals surface area contributed by atoms with Crippen LogP contribution >= 0.6 is 39.3 Å². The predicted octanol–water partition coefficient (Wildman–Crippen LogP) is 3.10. The van der Waals surface area contributed by atoms with E-state index in [0.717, 1.165) is 0 Å². The van der Waals surface area contributed by atoms with Crippen molar-refractivity contribution in [3.05, 3.63) is 40.5 Å². The maximum atomic E-state index is 13.9. The van der Waals surface area contributed by atoms with E-state index < -0.39 is 19.1 Å². The Balaban J connectivity index is 2.14. The van der Waals surface area contributed by atoms with Crippen molar-refractivity contribution in [1.29, 1.82) is 0 Å². The van der Waals surface area contributed by atoms with Crippen LogP contribution < -0.4 is 15.8 Å². The number of nitrogens with two attached hydrogens (primary N) is 1. The van der Waals surface area contributed by atoms with E-state index in [1.165, 1.54) is 25.6 Å². The number of imidazole rings is 1. The molecule has 1 aromatic carbocycles. The van der Waals surface area contributed by atoms with Crippen LogP contribution in [0, 0.1) is 10.1 Å². The van der Waals surface area contributed by atoms with Crippen molar-refractivity contribution in [2.75, 3.05) is 12.4 Å². The number of hydrogen-bond donors (Lipinski definition) is 4. The van der Waals surface area contributed by atoms with Crippen LogP contribution in [-0.2, 0) is 4.99 Å². The maximum absolute atomic E-state index is 13.9. The number of hydrogen-bond acceptors (Lipinski definition) is 10. The van der Waals surface area contributed by atoms with E-state index in [1.807, 2.05) is 0 Å². The maximum Gasteiger partial charge on any atom is 0.384 e. The number of nitrogens with zero attached hydrogens (tertiary/aromatic N) is 4. The Labute approximate surface area is 179 Å². The average Bonchev–Trinajstić information content (AvgIpc) is 3.10. The van der Waals surface area contributed by atoms with Crippen molar-refractivity contribution >= 4 is 62.0 Å². The number of anilines is 2. The molecule has 5 N–H and O–H groups in total. The Morgan fingerprint density at radius 2 is 2.24 bits per heavy atom. The molecule has 0 spiro atoms. The number of alkyl halides is 3. The van der Waals surface area contributed by atoms with Gasteiger partial charge in [-0.15, -0.1) is 0 Å². The normalized spacial score (nSPS) is 15.5. The summed E-state index contributed by atoms with van der Waals surface area (Å²) in [7, 11) is 1.38. The minimum Gasteiger partial charge on any atom is -0.503 e. The van der Waals surface area contributed by atoms with Crippen molar-refractivity contribution in [3.8, 4) is 11.5 Å². The highest BCUT2D eigenvalue weighted by Gasteiger charge is 2.52. The first-order valence-electron chi connectivity index (χ1n) is 7.60. The van der Waals surface area contributed by atoms with Crippen LogP contribution in [0.2, 0.25) is 0 Å². The largest absolute Gasteiger partial charge is 0.503 e. The molecule has 2 heterocycles. The zero-order valence-corrected chi connectivity index (χ0v) is 17.5. The van der Waals surface area contributed by atoms with Gasteiger partial charge in [0.05, 0.1) is 24.0 Å². The number of H-pyrrole nitrogens is 1. The number of aromatic nitrogens is 4. The van der Waals surface area contributed by atoms with Crippen LogP contribution in [0.5, 0.6) is 11.5 Å². The van der Waals surface area contributed by atoms with Gasteiger partial charge in [-0.1, -0.05) is 17.7 Å². The molecule has 11 nitrogen and oxygen atoms in total. The molecule has 154 valence electrons. The molecule has 0 radical (unpaired) electrons. The quantitative estimate of drug-likeness (QED) is 0.122. The number of benzene rings is 1. The lowest BCUT2D eigenvalue weighted by Crippen LogP contribution is -2.44. The summed E-state index contributed by atoms with van der Waals surface area (Å²) in [5, 5.41) is 24.7. The summed E-state index contributed by atoms with van der Waals surface area (Å²) in [5.74, 6) is -0.617. The van der Waals surface area contributed by atoms with Crippen molar-refractivity contribution < 1.29 is 19.2 Å². The summed E-state index contributed by atoms with van der Waals surface area (Å²) >= 11 is 7.81. The second kappa shape index (κ2) is 7.78. The van der Waals surface area contributed by atoms with E-state index in [1.54, 1.807) is 6.07 Å². The Morgan fingerprint density at radius 3 is 2.86 bits per heavy atom. The molecule has 15 heteroatoms. The number of phenolic OH excluding ortho intramolecular Hbond substituents is 1. The number of fused-ring (bicyclic) bond motifs is 1. The third-order valence-electron chi connectivity index (χ3n) is 3.62. The number of phenols is 1. The van der Waals surface area contributed by atoms with E-state index in [0.29, 0.717) is 0 Å². The number of aromatic amines is 1. The fourth-order valence-electron chi connectivity index (χ4n) is 2.34. The first kappa shape index (κ1) is 21.3. The van der Waals surface area contributed by atoms with Gasteiger partial charge in [0.1, 0.15) is 5.52 Å². The van der Waals surface area contributed by atoms with Crippen molar-refractivity contribution in [1.82, 2.24) is 19.9 Å². The molecule has 3 rings (SSSR count). The van der Waals surface area contributed by atoms with Gasteiger partial charge in [0, 0.05) is 11.8 Å². The lowest BCUT2D eigenvalue weighted by molar-refractivity contribution is -0.547. The highest BCUT2D eigenvalue weighted by molar-refractivity contribution is 9.12. The van der Waals surface area contributed by atoms with Gasteiger partial charge >= 0.3 is 4.99 Å². The molecule has 2 unspecified atom stereocenters. The van der Waals surface area contributed by atoms with E-state index >= 15 is 0 Å². The summed E-state index contributed by atoms with van der Waals surface area (Å²) < 4.78 is 16.2. The summed E-state index contributed by atoms with van der Waals surface area (Å²) in [4.78, 5) is 22.7. The predicted molar refractivity (Wildman–Crippen MR) is 109 cm³/mol. The van der Waals surface area contributed by atoms with Crippen molar-refractivity contribution in [2.45, 2.75) is 8.36 Å². The lowest BCUT2D eigenvalue weighted by atomic mass is 10.2. The van der Waals surface area contributed by atoms with Gasteiger partial charge in [-0.05, 0) is 28.1 Å². The molecule has 0 aliphatic heterocycles.